The van der Waals surface area contributed by atoms with Gasteiger partial charge in [0.25, 0.3) is 0 Å². The van der Waals surface area contributed by atoms with Gasteiger partial charge < -0.3 is 5.11 Å². The molecule has 13 heavy (non-hydrogen) atoms. The van der Waals surface area contributed by atoms with Gasteiger partial charge in [0.15, 0.2) is 0 Å². The predicted molar refractivity (Wildman–Crippen MR) is 55.7 cm³/mol. The first kappa shape index (κ1) is 10.0. The van der Waals surface area contributed by atoms with Gasteiger partial charge in [-0.1, -0.05) is 49.4 Å². The number of allylic oxidation sites excluding steroid dienone is 1. The molecule has 0 bridgehead atoms. The topological polar surface area (TPSA) is 20.2 Å². The summed E-state index contributed by atoms with van der Waals surface area (Å²) in [5, 5.41) is 9.06. The Morgan fingerprint density at radius 1 is 1.08 bits per heavy atom. The minimum atomic E-state index is -0.355. The number of rotatable bonds is 3. The van der Waals surface area contributed by atoms with E-state index >= 15 is 0 Å². The number of aliphatic hydroxyl groups excluding tert-OH is 1. The maximum absolute atomic E-state index is 9.06. The molecule has 0 fully saturated rings. The van der Waals surface area contributed by atoms with Crippen molar-refractivity contribution in [2.45, 2.75) is 25.9 Å². The van der Waals surface area contributed by atoms with Crippen LogP contribution in [0.5, 0.6) is 0 Å². The van der Waals surface area contributed by atoms with Gasteiger partial charge in [-0.25, -0.2) is 0 Å². The summed E-state index contributed by atoms with van der Waals surface area (Å²) in [5.41, 5.74) is 1.28. The first-order chi connectivity index (χ1) is 6.20. The molecule has 0 aliphatic rings. The van der Waals surface area contributed by atoms with E-state index in [9.17, 15) is 0 Å². The Balaban J connectivity index is 2.64. The predicted octanol–water partition coefficient (Wildman–Crippen LogP) is 2.73. The summed E-state index contributed by atoms with van der Waals surface area (Å²) in [6.45, 7) is 3.88. The SMILES string of the molecule is C[C@H](/C=C/[C@@H](C)O)c1ccccc1. The minimum absolute atomic E-state index is 0.355. The maximum atomic E-state index is 9.06. The molecule has 70 valence electrons. The van der Waals surface area contributed by atoms with Crippen molar-refractivity contribution in [1.29, 1.82) is 0 Å². The highest BCUT2D eigenvalue weighted by Crippen LogP contribution is 2.15. The largest absolute Gasteiger partial charge is 0.389 e. The third-order valence-electron chi connectivity index (χ3n) is 2.00. The minimum Gasteiger partial charge on any atom is -0.389 e. The third-order valence-corrected chi connectivity index (χ3v) is 2.00. The van der Waals surface area contributed by atoms with Crippen molar-refractivity contribution in [3.63, 3.8) is 0 Å². The summed E-state index contributed by atoms with van der Waals surface area (Å²) in [6.07, 6.45) is 3.49. The summed E-state index contributed by atoms with van der Waals surface area (Å²) in [7, 11) is 0. The van der Waals surface area contributed by atoms with Crippen LogP contribution in [0.3, 0.4) is 0 Å². The van der Waals surface area contributed by atoms with E-state index in [0.717, 1.165) is 0 Å². The molecule has 0 saturated heterocycles. The van der Waals surface area contributed by atoms with E-state index in [1.807, 2.05) is 30.4 Å². The monoisotopic (exact) mass is 176 g/mol. The average Bonchev–Trinajstić information content (AvgIpc) is 2.15. The summed E-state index contributed by atoms with van der Waals surface area (Å²) in [5.74, 6) is 0.371. The molecule has 0 unspecified atom stereocenters. The van der Waals surface area contributed by atoms with Gasteiger partial charge in [0.05, 0.1) is 6.10 Å². The second kappa shape index (κ2) is 4.83. The van der Waals surface area contributed by atoms with Crippen LogP contribution in [0.25, 0.3) is 0 Å². The van der Waals surface area contributed by atoms with Gasteiger partial charge in [-0.3, -0.25) is 0 Å². The van der Waals surface area contributed by atoms with Crippen molar-refractivity contribution in [1.82, 2.24) is 0 Å². The molecule has 1 rings (SSSR count). The van der Waals surface area contributed by atoms with Crippen LogP contribution in [0.2, 0.25) is 0 Å². The van der Waals surface area contributed by atoms with E-state index in [2.05, 4.69) is 19.1 Å². The Hall–Kier alpha value is -1.08. The Kier molecular flexibility index (Phi) is 3.71. The van der Waals surface area contributed by atoms with Gasteiger partial charge >= 0.3 is 0 Å². The quantitative estimate of drug-likeness (QED) is 0.702. The van der Waals surface area contributed by atoms with Crippen molar-refractivity contribution >= 4 is 0 Å². The lowest BCUT2D eigenvalue weighted by atomic mass is 10.0. The van der Waals surface area contributed by atoms with E-state index in [0.29, 0.717) is 5.92 Å². The molecule has 0 aliphatic heterocycles. The zero-order valence-electron chi connectivity index (χ0n) is 8.14. The number of hydrogen-bond acceptors (Lipinski definition) is 1. The molecule has 0 aliphatic carbocycles. The van der Waals surface area contributed by atoms with Gasteiger partial charge in [-0.15, -0.1) is 0 Å². The van der Waals surface area contributed by atoms with Crippen LogP contribution >= 0.6 is 0 Å². The van der Waals surface area contributed by atoms with Crippen molar-refractivity contribution in [3.05, 3.63) is 48.0 Å². The molecule has 1 heteroatoms. The van der Waals surface area contributed by atoms with Crippen LogP contribution in [-0.4, -0.2) is 11.2 Å². The second-order valence-electron chi connectivity index (χ2n) is 3.32. The fraction of sp³-hybridized carbons (Fsp3) is 0.333. The molecule has 0 spiro atoms. The molecule has 1 N–H and O–H groups in total. The fourth-order valence-corrected chi connectivity index (χ4v) is 1.20. The molecule has 1 aromatic rings. The number of benzene rings is 1. The average molecular weight is 176 g/mol. The normalized spacial score (nSPS) is 15.9. The van der Waals surface area contributed by atoms with Crippen molar-refractivity contribution in [2.75, 3.05) is 0 Å². The van der Waals surface area contributed by atoms with E-state index in [1.54, 1.807) is 6.92 Å². The molecule has 0 heterocycles. The van der Waals surface area contributed by atoms with E-state index in [4.69, 9.17) is 5.11 Å². The summed E-state index contributed by atoms with van der Waals surface area (Å²) < 4.78 is 0. The third kappa shape index (κ3) is 3.43. The zero-order chi connectivity index (χ0) is 9.68. The Morgan fingerprint density at radius 2 is 1.69 bits per heavy atom. The highest BCUT2D eigenvalue weighted by molar-refractivity contribution is 5.22. The van der Waals surface area contributed by atoms with Crippen LogP contribution in [0.15, 0.2) is 42.5 Å². The molecule has 1 aromatic carbocycles. The van der Waals surface area contributed by atoms with Gasteiger partial charge in [-0.05, 0) is 18.4 Å². The van der Waals surface area contributed by atoms with Gasteiger partial charge in [-0.2, -0.15) is 0 Å². The smallest absolute Gasteiger partial charge is 0.0692 e. The number of aliphatic hydroxyl groups is 1. The highest BCUT2D eigenvalue weighted by atomic mass is 16.3. The standard InChI is InChI=1S/C12H16O/c1-10(8-9-11(2)13)12-6-4-3-5-7-12/h3-11,13H,1-2H3/b9-8+/t10-,11-/m1/s1. The molecule has 2 atom stereocenters. The van der Waals surface area contributed by atoms with Crippen LogP contribution < -0.4 is 0 Å². The molecule has 0 radical (unpaired) electrons. The molecular formula is C12H16O. The zero-order valence-corrected chi connectivity index (χ0v) is 8.14. The van der Waals surface area contributed by atoms with Crippen LogP contribution in [0, 0.1) is 0 Å². The Bertz CT molecular complexity index is 262. The van der Waals surface area contributed by atoms with Crippen molar-refractivity contribution in [3.8, 4) is 0 Å². The molecule has 1 nitrogen and oxygen atoms in total. The Morgan fingerprint density at radius 3 is 2.23 bits per heavy atom. The lowest BCUT2D eigenvalue weighted by molar-refractivity contribution is 0.243. The van der Waals surface area contributed by atoms with Gasteiger partial charge in [0, 0.05) is 0 Å². The summed E-state index contributed by atoms with van der Waals surface area (Å²) in [6, 6.07) is 10.3. The molecule has 0 amide bonds. The van der Waals surface area contributed by atoms with Crippen molar-refractivity contribution < 1.29 is 5.11 Å². The van der Waals surface area contributed by atoms with E-state index < -0.39 is 0 Å². The van der Waals surface area contributed by atoms with E-state index in [1.165, 1.54) is 5.56 Å². The lowest BCUT2D eigenvalue weighted by Gasteiger charge is -2.06. The first-order valence-electron chi connectivity index (χ1n) is 4.61. The van der Waals surface area contributed by atoms with Crippen LogP contribution in [0.4, 0.5) is 0 Å². The highest BCUT2D eigenvalue weighted by Gasteiger charge is 1.99. The summed E-state index contributed by atoms with van der Waals surface area (Å²) in [4.78, 5) is 0. The first-order valence-corrected chi connectivity index (χ1v) is 4.61. The van der Waals surface area contributed by atoms with Crippen molar-refractivity contribution in [2.24, 2.45) is 0 Å². The number of hydrogen-bond donors (Lipinski definition) is 1. The molecular weight excluding hydrogens is 160 g/mol. The van der Waals surface area contributed by atoms with Crippen LogP contribution in [-0.2, 0) is 0 Å². The van der Waals surface area contributed by atoms with Crippen LogP contribution in [0.1, 0.15) is 25.3 Å². The fourth-order valence-electron chi connectivity index (χ4n) is 1.20. The van der Waals surface area contributed by atoms with Gasteiger partial charge in [0.2, 0.25) is 0 Å². The summed E-state index contributed by atoms with van der Waals surface area (Å²) >= 11 is 0. The lowest BCUT2D eigenvalue weighted by Crippen LogP contribution is -1.95. The Labute approximate surface area is 79.7 Å². The van der Waals surface area contributed by atoms with E-state index in [-0.39, 0.29) is 6.10 Å². The second-order valence-corrected chi connectivity index (χ2v) is 3.32. The van der Waals surface area contributed by atoms with Gasteiger partial charge in [0.1, 0.15) is 0 Å². The maximum Gasteiger partial charge on any atom is 0.0692 e. The molecule has 0 saturated carbocycles. The molecule has 0 aromatic heterocycles.